The largest absolute Gasteiger partial charge is 0.416 e. The van der Waals surface area contributed by atoms with Crippen molar-refractivity contribution in [1.82, 2.24) is 9.97 Å². The average molecular weight is 401 g/mol. The van der Waals surface area contributed by atoms with Crippen LogP contribution < -0.4 is 16.4 Å². The molecule has 0 aliphatic heterocycles. The van der Waals surface area contributed by atoms with Crippen molar-refractivity contribution in [1.29, 1.82) is 0 Å². The maximum absolute atomic E-state index is 12.9. The molecule has 1 amide bonds. The van der Waals surface area contributed by atoms with Gasteiger partial charge in [0.05, 0.1) is 5.56 Å². The Balaban J connectivity index is 1.72. The summed E-state index contributed by atoms with van der Waals surface area (Å²) in [5.74, 6) is 0.237. The predicted molar refractivity (Wildman–Crippen MR) is 104 cm³/mol. The van der Waals surface area contributed by atoms with Gasteiger partial charge in [-0.3, -0.25) is 4.79 Å². The van der Waals surface area contributed by atoms with Crippen molar-refractivity contribution < 1.29 is 18.0 Å². The van der Waals surface area contributed by atoms with Gasteiger partial charge in [0.2, 0.25) is 11.9 Å². The maximum atomic E-state index is 12.9. The van der Waals surface area contributed by atoms with Crippen molar-refractivity contribution in [3.63, 3.8) is 0 Å². The second-order valence-electron chi connectivity index (χ2n) is 6.26. The van der Waals surface area contributed by atoms with Crippen molar-refractivity contribution >= 4 is 29.0 Å². The minimum absolute atomic E-state index is 0.246. The van der Waals surface area contributed by atoms with Crippen LogP contribution in [0.2, 0.25) is 0 Å². The van der Waals surface area contributed by atoms with Gasteiger partial charge in [0.25, 0.3) is 0 Å². The molecule has 3 rings (SSSR count). The fourth-order valence-corrected chi connectivity index (χ4v) is 2.61. The highest BCUT2D eigenvalue weighted by atomic mass is 19.4. The van der Waals surface area contributed by atoms with E-state index in [0.717, 1.165) is 17.7 Å². The van der Waals surface area contributed by atoms with Crippen molar-refractivity contribution in [2.45, 2.75) is 19.0 Å². The van der Waals surface area contributed by atoms with Crippen LogP contribution in [0.1, 0.15) is 17.5 Å². The van der Waals surface area contributed by atoms with Gasteiger partial charge in [0.1, 0.15) is 5.82 Å². The summed E-state index contributed by atoms with van der Waals surface area (Å²) in [7, 11) is 0. The molecule has 150 valence electrons. The number of hydrogen-bond donors (Lipinski definition) is 3. The quantitative estimate of drug-likeness (QED) is 0.546. The van der Waals surface area contributed by atoms with Gasteiger partial charge in [-0.2, -0.15) is 18.2 Å². The standard InChI is InChI=1S/C20H18F3N5O/c21-20(22,23)14-4-2-6-16(12-14)26-18-9-10-25-19(28-18)27-15-5-1-3-13(11-15)7-8-17(24)29/h1-6,9-12H,7-8H2,(H2,24,29)(H2,25,26,27,28). The molecule has 0 atom stereocenters. The van der Waals surface area contributed by atoms with Crippen molar-refractivity contribution in [3.8, 4) is 0 Å². The number of amides is 1. The lowest BCUT2D eigenvalue weighted by molar-refractivity contribution is -0.137. The number of benzene rings is 2. The number of carbonyl (C=O) groups is 1. The minimum Gasteiger partial charge on any atom is -0.370 e. The van der Waals surface area contributed by atoms with Crippen LogP contribution in [0.5, 0.6) is 0 Å². The van der Waals surface area contributed by atoms with Gasteiger partial charge in [0, 0.05) is 24.0 Å². The molecule has 1 aromatic heterocycles. The van der Waals surface area contributed by atoms with Crippen molar-refractivity contribution in [2.75, 3.05) is 10.6 Å². The molecule has 0 saturated carbocycles. The smallest absolute Gasteiger partial charge is 0.370 e. The van der Waals surface area contributed by atoms with E-state index in [9.17, 15) is 18.0 Å². The number of anilines is 4. The SMILES string of the molecule is NC(=O)CCc1cccc(Nc2nccc(Nc3cccc(C(F)(F)F)c3)n2)c1. The number of halogens is 3. The molecule has 0 aliphatic carbocycles. The summed E-state index contributed by atoms with van der Waals surface area (Å²) in [6, 6.07) is 13.8. The molecule has 0 fully saturated rings. The van der Waals surface area contributed by atoms with Crippen LogP contribution in [-0.2, 0) is 17.4 Å². The third kappa shape index (κ3) is 5.93. The molecule has 29 heavy (non-hydrogen) atoms. The van der Waals surface area contributed by atoms with Gasteiger partial charge >= 0.3 is 6.18 Å². The monoisotopic (exact) mass is 401 g/mol. The van der Waals surface area contributed by atoms with Gasteiger partial charge in [0.15, 0.2) is 0 Å². The molecule has 6 nitrogen and oxygen atoms in total. The number of nitrogens with zero attached hydrogens (tertiary/aromatic N) is 2. The van der Waals surface area contributed by atoms with E-state index >= 15 is 0 Å². The van der Waals surface area contributed by atoms with Gasteiger partial charge < -0.3 is 16.4 Å². The van der Waals surface area contributed by atoms with Crippen molar-refractivity contribution in [3.05, 3.63) is 71.9 Å². The van der Waals surface area contributed by atoms with E-state index in [-0.39, 0.29) is 24.0 Å². The van der Waals surface area contributed by atoms with Gasteiger partial charge in [-0.25, -0.2) is 4.98 Å². The third-order valence-corrected chi connectivity index (χ3v) is 3.96. The lowest BCUT2D eigenvalue weighted by Crippen LogP contribution is -2.11. The van der Waals surface area contributed by atoms with Crippen LogP contribution >= 0.6 is 0 Å². The van der Waals surface area contributed by atoms with Crippen LogP contribution in [0.4, 0.5) is 36.3 Å². The highest BCUT2D eigenvalue weighted by molar-refractivity contribution is 5.74. The molecule has 0 aliphatic rings. The molecule has 0 saturated heterocycles. The molecule has 0 unspecified atom stereocenters. The summed E-state index contributed by atoms with van der Waals surface area (Å²) < 4.78 is 38.6. The second kappa shape index (κ2) is 8.59. The predicted octanol–water partition coefficient (Wildman–Crippen LogP) is 4.40. The Hall–Kier alpha value is -3.62. The van der Waals surface area contributed by atoms with E-state index in [1.807, 2.05) is 24.3 Å². The number of hydrogen-bond acceptors (Lipinski definition) is 5. The van der Waals surface area contributed by atoms with Gasteiger partial charge in [-0.15, -0.1) is 0 Å². The number of nitrogens with two attached hydrogens (primary N) is 1. The Bertz CT molecular complexity index is 1010. The Labute approximate surface area is 165 Å². The number of aryl methyl sites for hydroxylation is 1. The Morgan fingerprint density at radius 2 is 1.72 bits per heavy atom. The molecule has 4 N–H and O–H groups in total. The summed E-state index contributed by atoms with van der Waals surface area (Å²) in [5, 5.41) is 5.88. The van der Waals surface area contributed by atoms with E-state index in [1.165, 1.54) is 18.3 Å². The lowest BCUT2D eigenvalue weighted by atomic mass is 10.1. The molecular weight excluding hydrogens is 383 g/mol. The number of rotatable bonds is 7. The molecule has 9 heteroatoms. The summed E-state index contributed by atoms with van der Waals surface area (Å²) in [6.07, 6.45) is -2.17. The minimum atomic E-state index is -4.42. The van der Waals surface area contributed by atoms with E-state index < -0.39 is 11.7 Å². The zero-order chi connectivity index (χ0) is 20.9. The highest BCUT2D eigenvalue weighted by Crippen LogP contribution is 2.31. The molecule has 0 bridgehead atoms. The van der Waals surface area contributed by atoms with Crippen LogP contribution in [0.25, 0.3) is 0 Å². The first-order valence-corrected chi connectivity index (χ1v) is 8.71. The zero-order valence-corrected chi connectivity index (χ0v) is 15.2. The molecule has 2 aromatic carbocycles. The highest BCUT2D eigenvalue weighted by Gasteiger charge is 2.30. The number of nitrogens with one attached hydrogen (secondary N) is 2. The summed E-state index contributed by atoms with van der Waals surface area (Å²) in [5.41, 5.74) is 6.32. The van der Waals surface area contributed by atoms with Crippen LogP contribution in [0.3, 0.4) is 0 Å². The second-order valence-corrected chi connectivity index (χ2v) is 6.26. The van der Waals surface area contributed by atoms with E-state index in [4.69, 9.17) is 5.73 Å². The maximum Gasteiger partial charge on any atom is 0.416 e. The van der Waals surface area contributed by atoms with E-state index in [0.29, 0.717) is 17.9 Å². The fraction of sp³-hybridized carbons (Fsp3) is 0.150. The first kappa shape index (κ1) is 20.1. The number of carbonyl (C=O) groups excluding carboxylic acids is 1. The Kier molecular flexibility index (Phi) is 5.96. The molecular formula is C20H18F3N5O. The lowest BCUT2D eigenvalue weighted by Gasteiger charge is -2.11. The first-order chi connectivity index (χ1) is 13.8. The molecule has 0 spiro atoms. The van der Waals surface area contributed by atoms with Crippen LogP contribution in [0.15, 0.2) is 60.8 Å². The Morgan fingerprint density at radius 1 is 1.00 bits per heavy atom. The number of primary amides is 1. The number of aromatic nitrogens is 2. The van der Waals surface area contributed by atoms with Crippen LogP contribution in [0, 0.1) is 0 Å². The molecule has 0 radical (unpaired) electrons. The zero-order valence-electron chi connectivity index (χ0n) is 15.2. The fourth-order valence-electron chi connectivity index (χ4n) is 2.61. The van der Waals surface area contributed by atoms with E-state index in [2.05, 4.69) is 20.6 Å². The topological polar surface area (TPSA) is 92.9 Å². The third-order valence-electron chi connectivity index (χ3n) is 3.96. The average Bonchev–Trinajstić information content (AvgIpc) is 2.66. The summed E-state index contributed by atoms with van der Waals surface area (Å²) >= 11 is 0. The van der Waals surface area contributed by atoms with Crippen LogP contribution in [-0.4, -0.2) is 15.9 Å². The van der Waals surface area contributed by atoms with Gasteiger partial charge in [-0.1, -0.05) is 18.2 Å². The first-order valence-electron chi connectivity index (χ1n) is 8.71. The molecule has 3 aromatic rings. The summed E-state index contributed by atoms with van der Waals surface area (Å²) in [4.78, 5) is 19.3. The summed E-state index contributed by atoms with van der Waals surface area (Å²) in [6.45, 7) is 0. The number of alkyl halides is 3. The van der Waals surface area contributed by atoms with Gasteiger partial charge in [-0.05, 0) is 48.4 Å². The molecule has 1 heterocycles. The normalized spacial score (nSPS) is 11.1. The Morgan fingerprint density at radius 3 is 2.45 bits per heavy atom. The van der Waals surface area contributed by atoms with Crippen molar-refractivity contribution in [2.24, 2.45) is 5.73 Å². The van der Waals surface area contributed by atoms with E-state index in [1.54, 1.807) is 6.07 Å².